The maximum absolute atomic E-state index is 13.3. The van der Waals surface area contributed by atoms with Crippen LogP contribution in [0.3, 0.4) is 0 Å². The standard InChI is InChI=1S/C26H20FN3O/c1-2-18-5-4-8-22(14-18)30-26-24-16-20(10-12-25(24)28-17-29-26)15-23(31)11-9-19-6-3-7-21(27)13-19/h1,3-8,10,12-14,16-17H,9,11,15H2,(H,28,29,30). The molecule has 3 aromatic carbocycles. The number of nitrogens with zero attached hydrogens (tertiary/aromatic N) is 2. The maximum Gasteiger partial charge on any atom is 0.141 e. The van der Waals surface area contributed by atoms with Crippen LogP contribution in [0.4, 0.5) is 15.9 Å². The van der Waals surface area contributed by atoms with E-state index in [1.807, 2.05) is 48.5 Å². The van der Waals surface area contributed by atoms with E-state index in [0.29, 0.717) is 25.1 Å². The van der Waals surface area contributed by atoms with E-state index in [0.717, 1.165) is 33.3 Å². The Morgan fingerprint density at radius 3 is 2.71 bits per heavy atom. The van der Waals surface area contributed by atoms with E-state index in [1.165, 1.54) is 18.5 Å². The van der Waals surface area contributed by atoms with Crippen LogP contribution in [0.5, 0.6) is 0 Å². The number of carbonyl (C=O) groups excluding carboxylic acids is 1. The number of terminal acetylenes is 1. The molecule has 0 saturated carbocycles. The third kappa shape index (κ3) is 5.12. The van der Waals surface area contributed by atoms with Crippen molar-refractivity contribution in [3.05, 3.63) is 95.6 Å². The number of benzene rings is 3. The summed E-state index contributed by atoms with van der Waals surface area (Å²) in [5.74, 6) is 3.07. The molecule has 1 heterocycles. The number of aromatic nitrogens is 2. The lowest BCUT2D eigenvalue weighted by Crippen LogP contribution is -2.05. The third-order valence-electron chi connectivity index (χ3n) is 4.97. The number of nitrogens with one attached hydrogen (secondary N) is 1. The van der Waals surface area contributed by atoms with Gasteiger partial charge in [-0.3, -0.25) is 4.79 Å². The van der Waals surface area contributed by atoms with Gasteiger partial charge in [0.05, 0.1) is 5.52 Å². The molecule has 5 heteroatoms. The molecule has 4 aromatic rings. The second-order valence-electron chi connectivity index (χ2n) is 7.27. The molecular formula is C26H20FN3O. The molecule has 0 unspecified atom stereocenters. The normalized spacial score (nSPS) is 10.6. The van der Waals surface area contributed by atoms with Gasteiger partial charge in [-0.2, -0.15) is 0 Å². The van der Waals surface area contributed by atoms with Gasteiger partial charge in [0.1, 0.15) is 23.7 Å². The van der Waals surface area contributed by atoms with Gasteiger partial charge in [-0.1, -0.05) is 30.2 Å². The highest BCUT2D eigenvalue weighted by Gasteiger charge is 2.09. The van der Waals surface area contributed by atoms with E-state index in [4.69, 9.17) is 6.42 Å². The molecule has 1 aromatic heterocycles. The van der Waals surface area contributed by atoms with Gasteiger partial charge in [0.15, 0.2) is 0 Å². The van der Waals surface area contributed by atoms with E-state index in [9.17, 15) is 9.18 Å². The van der Waals surface area contributed by atoms with Crippen LogP contribution < -0.4 is 5.32 Å². The van der Waals surface area contributed by atoms with Crippen molar-refractivity contribution < 1.29 is 9.18 Å². The minimum absolute atomic E-state index is 0.0942. The third-order valence-corrected chi connectivity index (χ3v) is 4.97. The first-order chi connectivity index (χ1) is 15.1. The number of anilines is 2. The summed E-state index contributed by atoms with van der Waals surface area (Å²) < 4.78 is 13.3. The first-order valence-electron chi connectivity index (χ1n) is 9.94. The highest BCUT2D eigenvalue weighted by Crippen LogP contribution is 2.25. The average Bonchev–Trinajstić information content (AvgIpc) is 2.78. The summed E-state index contributed by atoms with van der Waals surface area (Å²) in [7, 11) is 0. The lowest BCUT2D eigenvalue weighted by Gasteiger charge is -2.10. The highest BCUT2D eigenvalue weighted by atomic mass is 19.1. The molecule has 0 bridgehead atoms. The zero-order valence-electron chi connectivity index (χ0n) is 16.8. The molecule has 4 nitrogen and oxygen atoms in total. The first-order valence-corrected chi connectivity index (χ1v) is 9.94. The highest BCUT2D eigenvalue weighted by molar-refractivity contribution is 5.92. The number of fused-ring (bicyclic) bond motifs is 1. The minimum atomic E-state index is -0.285. The van der Waals surface area contributed by atoms with Gasteiger partial charge in [0, 0.05) is 29.5 Å². The summed E-state index contributed by atoms with van der Waals surface area (Å²) in [5.41, 5.74) is 4.08. The van der Waals surface area contributed by atoms with Gasteiger partial charge < -0.3 is 5.32 Å². The van der Waals surface area contributed by atoms with Crippen LogP contribution in [-0.2, 0) is 17.6 Å². The fourth-order valence-corrected chi connectivity index (χ4v) is 3.43. The number of rotatable bonds is 7. The average molecular weight is 409 g/mol. The molecule has 0 fully saturated rings. The first kappa shape index (κ1) is 20.2. The van der Waals surface area contributed by atoms with Gasteiger partial charge in [0.2, 0.25) is 0 Å². The molecule has 31 heavy (non-hydrogen) atoms. The molecule has 0 aliphatic heterocycles. The van der Waals surface area contributed by atoms with E-state index in [-0.39, 0.29) is 11.6 Å². The van der Waals surface area contributed by atoms with E-state index in [1.54, 1.807) is 6.07 Å². The van der Waals surface area contributed by atoms with Crippen LogP contribution in [0.25, 0.3) is 10.9 Å². The Hall–Kier alpha value is -4.04. The van der Waals surface area contributed by atoms with Gasteiger partial charge in [-0.15, -0.1) is 6.42 Å². The van der Waals surface area contributed by atoms with Crippen LogP contribution in [0.15, 0.2) is 73.1 Å². The van der Waals surface area contributed by atoms with Crippen molar-refractivity contribution in [2.24, 2.45) is 0 Å². The molecule has 0 radical (unpaired) electrons. The molecule has 0 aliphatic rings. The van der Waals surface area contributed by atoms with Crippen molar-refractivity contribution in [2.75, 3.05) is 5.32 Å². The number of aryl methyl sites for hydroxylation is 1. The largest absolute Gasteiger partial charge is 0.340 e. The Labute approximate surface area is 180 Å². The van der Waals surface area contributed by atoms with Crippen LogP contribution in [0.1, 0.15) is 23.1 Å². The van der Waals surface area contributed by atoms with Crippen molar-refractivity contribution in [1.82, 2.24) is 9.97 Å². The minimum Gasteiger partial charge on any atom is -0.340 e. The van der Waals surface area contributed by atoms with Crippen LogP contribution in [0.2, 0.25) is 0 Å². The molecule has 0 atom stereocenters. The summed E-state index contributed by atoms with van der Waals surface area (Å²) in [6, 6.07) is 19.6. The van der Waals surface area contributed by atoms with Crippen molar-refractivity contribution in [3.63, 3.8) is 0 Å². The quantitative estimate of drug-likeness (QED) is 0.424. The smallest absolute Gasteiger partial charge is 0.141 e. The Bertz CT molecular complexity index is 1290. The number of hydrogen-bond donors (Lipinski definition) is 1. The van der Waals surface area contributed by atoms with Crippen LogP contribution in [-0.4, -0.2) is 15.8 Å². The van der Waals surface area contributed by atoms with Crippen molar-refractivity contribution >= 4 is 28.2 Å². The number of carbonyl (C=O) groups is 1. The van der Waals surface area contributed by atoms with Gasteiger partial charge in [0.25, 0.3) is 0 Å². The topological polar surface area (TPSA) is 54.9 Å². The second-order valence-corrected chi connectivity index (χ2v) is 7.27. The van der Waals surface area contributed by atoms with E-state index in [2.05, 4.69) is 21.2 Å². The van der Waals surface area contributed by atoms with Crippen LogP contribution >= 0.6 is 0 Å². The van der Waals surface area contributed by atoms with Crippen molar-refractivity contribution in [1.29, 1.82) is 0 Å². The SMILES string of the molecule is C#Cc1cccc(Nc2ncnc3ccc(CC(=O)CCc4cccc(F)c4)cc23)c1. The predicted molar refractivity (Wildman–Crippen MR) is 121 cm³/mol. The Morgan fingerprint density at radius 1 is 1.00 bits per heavy atom. The molecule has 4 rings (SSSR count). The zero-order chi connectivity index (χ0) is 21.6. The predicted octanol–water partition coefficient (Wildman–Crippen LogP) is 5.24. The lowest BCUT2D eigenvalue weighted by molar-refractivity contribution is -0.118. The molecule has 1 N–H and O–H groups in total. The molecule has 0 spiro atoms. The van der Waals surface area contributed by atoms with Crippen molar-refractivity contribution in [3.8, 4) is 12.3 Å². The summed E-state index contributed by atoms with van der Waals surface area (Å²) in [6.07, 6.45) is 8.16. The summed E-state index contributed by atoms with van der Waals surface area (Å²) in [5, 5.41) is 4.11. The van der Waals surface area contributed by atoms with Crippen molar-refractivity contribution in [2.45, 2.75) is 19.3 Å². The zero-order valence-corrected chi connectivity index (χ0v) is 16.8. The van der Waals surface area contributed by atoms with Gasteiger partial charge >= 0.3 is 0 Å². The van der Waals surface area contributed by atoms with Gasteiger partial charge in [-0.05, 0) is 60.0 Å². The fraction of sp³-hybridized carbons (Fsp3) is 0.115. The molecule has 0 saturated heterocycles. The van der Waals surface area contributed by atoms with E-state index < -0.39 is 0 Å². The molecule has 0 amide bonds. The summed E-state index contributed by atoms with van der Waals surface area (Å²) >= 11 is 0. The molecular weight excluding hydrogens is 389 g/mol. The molecule has 0 aliphatic carbocycles. The van der Waals surface area contributed by atoms with Gasteiger partial charge in [-0.25, -0.2) is 14.4 Å². The Morgan fingerprint density at radius 2 is 1.87 bits per heavy atom. The number of ketones is 1. The fourth-order valence-electron chi connectivity index (χ4n) is 3.43. The Balaban J connectivity index is 1.51. The molecule has 152 valence electrons. The number of halogens is 1. The maximum atomic E-state index is 13.3. The van der Waals surface area contributed by atoms with E-state index >= 15 is 0 Å². The Kier molecular flexibility index (Phi) is 6.00. The van der Waals surface area contributed by atoms with Crippen LogP contribution in [0, 0.1) is 18.2 Å². The summed E-state index contributed by atoms with van der Waals surface area (Å²) in [6.45, 7) is 0. The number of hydrogen-bond acceptors (Lipinski definition) is 4. The summed E-state index contributed by atoms with van der Waals surface area (Å²) in [4.78, 5) is 21.2. The lowest BCUT2D eigenvalue weighted by atomic mass is 10.0. The second kappa shape index (κ2) is 9.19. The number of Topliss-reactive ketones (excluding diaryl/α,β-unsaturated/α-hetero) is 1. The monoisotopic (exact) mass is 409 g/mol.